The number of aryl methyl sites for hydroxylation is 6. The van der Waals surface area contributed by atoms with Crippen LogP contribution < -0.4 is 10.6 Å². The Morgan fingerprint density at radius 2 is 0.773 bits per heavy atom. The molecule has 0 fully saturated rings. The molecule has 0 spiro atoms. The van der Waals surface area contributed by atoms with Gasteiger partial charge in [0.1, 0.15) is 11.6 Å². The fraction of sp³-hybridized carbons (Fsp3) is 0.150. The second kappa shape index (κ2) is 12.2. The molecular formula is C40H38N4. The average molecular weight is 575 g/mol. The first-order valence-electron chi connectivity index (χ1n) is 15.1. The highest BCUT2D eigenvalue weighted by Gasteiger charge is 2.14. The third-order valence-electron chi connectivity index (χ3n) is 8.03. The third-order valence-corrected chi connectivity index (χ3v) is 8.03. The predicted molar refractivity (Wildman–Crippen MR) is 186 cm³/mol. The van der Waals surface area contributed by atoms with Crippen molar-refractivity contribution in [3.05, 3.63) is 143 Å². The largest absolute Gasteiger partial charge is 0.340 e. The van der Waals surface area contributed by atoms with Gasteiger partial charge in [0, 0.05) is 33.6 Å². The summed E-state index contributed by atoms with van der Waals surface area (Å²) in [5, 5.41) is 7.23. The molecule has 4 nitrogen and oxygen atoms in total. The molecule has 2 aromatic heterocycles. The molecule has 44 heavy (non-hydrogen) atoms. The molecule has 0 atom stereocenters. The number of nitrogens with zero attached hydrogens (tertiary/aromatic N) is 2. The van der Waals surface area contributed by atoms with E-state index < -0.39 is 0 Å². The lowest BCUT2D eigenvalue weighted by molar-refractivity contribution is 1.25. The highest BCUT2D eigenvalue weighted by molar-refractivity contribution is 5.89. The molecule has 0 amide bonds. The van der Waals surface area contributed by atoms with E-state index in [1.54, 1.807) is 0 Å². The van der Waals surface area contributed by atoms with Crippen molar-refractivity contribution in [2.24, 2.45) is 0 Å². The van der Waals surface area contributed by atoms with E-state index in [9.17, 15) is 0 Å². The van der Waals surface area contributed by atoms with Crippen LogP contribution in [-0.2, 0) is 0 Å². The second-order valence-electron chi connectivity index (χ2n) is 11.7. The molecule has 6 rings (SSSR count). The lowest BCUT2D eigenvalue weighted by atomic mass is 9.97. The van der Waals surface area contributed by atoms with E-state index >= 15 is 0 Å². The Kier molecular flexibility index (Phi) is 7.99. The molecule has 2 heterocycles. The van der Waals surface area contributed by atoms with Crippen molar-refractivity contribution in [2.75, 3.05) is 10.6 Å². The van der Waals surface area contributed by atoms with Gasteiger partial charge in [-0.15, -0.1) is 0 Å². The van der Waals surface area contributed by atoms with Crippen LogP contribution in [0, 0.1) is 41.5 Å². The van der Waals surface area contributed by atoms with Crippen LogP contribution in [0.3, 0.4) is 0 Å². The van der Waals surface area contributed by atoms with Crippen LogP contribution in [-0.4, -0.2) is 9.97 Å². The highest BCUT2D eigenvalue weighted by atomic mass is 15.0. The molecule has 0 saturated heterocycles. The third kappa shape index (κ3) is 5.97. The van der Waals surface area contributed by atoms with Gasteiger partial charge in [0.15, 0.2) is 0 Å². The highest BCUT2D eigenvalue weighted by Crippen LogP contribution is 2.37. The number of anilines is 4. The Morgan fingerprint density at radius 3 is 1.16 bits per heavy atom. The van der Waals surface area contributed by atoms with Gasteiger partial charge in [0.2, 0.25) is 0 Å². The number of nitrogens with one attached hydrogen (secondary N) is 2. The fourth-order valence-corrected chi connectivity index (χ4v) is 6.39. The smallest absolute Gasteiger partial charge is 0.131 e. The number of para-hydroxylation sites is 2. The van der Waals surface area contributed by atoms with Crippen LogP contribution in [0.15, 0.2) is 109 Å². The molecule has 4 heteroatoms. The molecule has 4 aromatic carbocycles. The van der Waals surface area contributed by atoms with E-state index in [0.717, 1.165) is 45.5 Å². The summed E-state index contributed by atoms with van der Waals surface area (Å²) in [7, 11) is 0. The van der Waals surface area contributed by atoms with Gasteiger partial charge in [-0.3, -0.25) is 0 Å². The van der Waals surface area contributed by atoms with E-state index in [-0.39, 0.29) is 0 Å². The molecule has 0 aliphatic carbocycles. The van der Waals surface area contributed by atoms with Crippen molar-refractivity contribution in [1.82, 2.24) is 9.97 Å². The van der Waals surface area contributed by atoms with Crippen molar-refractivity contribution >= 4 is 23.0 Å². The summed E-state index contributed by atoms with van der Waals surface area (Å²) in [6.45, 7) is 12.9. The number of pyridine rings is 2. The van der Waals surface area contributed by atoms with Crippen molar-refractivity contribution in [3.8, 4) is 33.6 Å². The zero-order valence-electron chi connectivity index (χ0n) is 26.3. The monoisotopic (exact) mass is 574 g/mol. The Morgan fingerprint density at radius 1 is 0.409 bits per heavy atom. The molecule has 6 aromatic rings. The first kappa shape index (κ1) is 28.9. The number of benzene rings is 4. The van der Waals surface area contributed by atoms with Crippen molar-refractivity contribution < 1.29 is 0 Å². The Hall–Kier alpha value is -5.22. The summed E-state index contributed by atoms with van der Waals surface area (Å²) < 4.78 is 0. The fourth-order valence-electron chi connectivity index (χ4n) is 6.39. The Balaban J connectivity index is 1.33. The molecule has 218 valence electrons. The molecule has 0 aliphatic heterocycles. The minimum atomic E-state index is 0.804. The average Bonchev–Trinajstić information content (AvgIpc) is 2.97. The lowest BCUT2D eigenvalue weighted by Gasteiger charge is -2.17. The first-order valence-corrected chi connectivity index (χ1v) is 15.1. The van der Waals surface area contributed by atoms with Gasteiger partial charge in [0.05, 0.1) is 11.4 Å². The van der Waals surface area contributed by atoms with Crippen molar-refractivity contribution in [1.29, 1.82) is 0 Å². The summed E-state index contributed by atoms with van der Waals surface area (Å²) in [6.07, 6.45) is 0. The molecule has 0 bridgehead atoms. The normalized spacial score (nSPS) is 11.0. The minimum absolute atomic E-state index is 0.804. The van der Waals surface area contributed by atoms with Gasteiger partial charge in [-0.25, -0.2) is 9.97 Å². The Bertz CT molecular complexity index is 1800. The van der Waals surface area contributed by atoms with Gasteiger partial charge < -0.3 is 10.6 Å². The second-order valence-corrected chi connectivity index (χ2v) is 11.7. The van der Waals surface area contributed by atoms with Crippen LogP contribution in [0.5, 0.6) is 0 Å². The number of rotatable bonds is 7. The van der Waals surface area contributed by atoms with E-state index in [0.29, 0.717) is 0 Å². The standard InChI is InChI=1S/C40H38N4/c1-25-21-27(3)39(28(4)22-25)35-17-11-19-37(43-35)41-33-15-9-7-13-31(33)32-14-8-10-16-34(32)42-38-20-12-18-36(44-38)40-29(5)23-26(2)24-30(40)6/h7-24H,1-6H3,(H,41,43)(H,42,44). The quantitative estimate of drug-likeness (QED) is 0.199. The summed E-state index contributed by atoms with van der Waals surface area (Å²) in [6, 6.07) is 38.0. The van der Waals surface area contributed by atoms with E-state index in [4.69, 9.17) is 9.97 Å². The van der Waals surface area contributed by atoms with Crippen molar-refractivity contribution in [2.45, 2.75) is 41.5 Å². The number of hydrogen-bond acceptors (Lipinski definition) is 4. The van der Waals surface area contributed by atoms with Crippen LogP contribution >= 0.6 is 0 Å². The summed E-state index contributed by atoms with van der Waals surface area (Å²) in [5.74, 6) is 1.61. The van der Waals surface area contributed by atoms with Crippen LogP contribution in [0.1, 0.15) is 33.4 Å². The molecule has 0 unspecified atom stereocenters. The minimum Gasteiger partial charge on any atom is -0.340 e. The zero-order chi connectivity index (χ0) is 30.8. The maximum Gasteiger partial charge on any atom is 0.131 e. The predicted octanol–water partition coefficient (Wildman–Crippen LogP) is 10.8. The van der Waals surface area contributed by atoms with Gasteiger partial charge in [0.25, 0.3) is 0 Å². The topological polar surface area (TPSA) is 49.8 Å². The van der Waals surface area contributed by atoms with Gasteiger partial charge in [-0.1, -0.05) is 83.9 Å². The summed E-state index contributed by atoms with van der Waals surface area (Å²) >= 11 is 0. The maximum absolute atomic E-state index is 5.04. The molecular weight excluding hydrogens is 536 g/mol. The van der Waals surface area contributed by atoms with Crippen molar-refractivity contribution in [3.63, 3.8) is 0 Å². The number of hydrogen-bond donors (Lipinski definition) is 2. The van der Waals surface area contributed by atoms with Gasteiger partial charge >= 0.3 is 0 Å². The van der Waals surface area contributed by atoms with E-state index in [2.05, 4.69) is 149 Å². The van der Waals surface area contributed by atoms with E-state index in [1.807, 2.05) is 12.1 Å². The first-order chi connectivity index (χ1) is 21.3. The van der Waals surface area contributed by atoms with E-state index in [1.165, 1.54) is 44.5 Å². The number of aromatic nitrogens is 2. The maximum atomic E-state index is 5.04. The van der Waals surface area contributed by atoms with Gasteiger partial charge in [-0.2, -0.15) is 0 Å². The van der Waals surface area contributed by atoms with Crippen LogP contribution in [0.2, 0.25) is 0 Å². The van der Waals surface area contributed by atoms with Crippen LogP contribution in [0.4, 0.5) is 23.0 Å². The zero-order valence-corrected chi connectivity index (χ0v) is 26.3. The Labute approximate surface area is 260 Å². The molecule has 0 saturated carbocycles. The summed E-state index contributed by atoms with van der Waals surface area (Å²) in [4.78, 5) is 10.1. The lowest BCUT2D eigenvalue weighted by Crippen LogP contribution is -2.01. The van der Waals surface area contributed by atoms with Gasteiger partial charge in [-0.05, 0) is 100 Å². The molecule has 0 aliphatic rings. The summed E-state index contributed by atoms with van der Waals surface area (Å²) in [5.41, 5.74) is 15.9. The SMILES string of the molecule is Cc1cc(C)c(-c2cccc(Nc3ccccc3-c3ccccc3Nc3cccc(-c4c(C)cc(C)cc4C)n3)n2)c(C)c1. The molecule has 0 radical (unpaired) electrons. The van der Waals surface area contributed by atoms with Crippen LogP contribution in [0.25, 0.3) is 33.6 Å². The molecule has 2 N–H and O–H groups in total.